The number of imidazole rings is 1. The molecule has 0 saturated heterocycles. The number of fused-ring (bicyclic) bond motifs is 1. The Labute approximate surface area is 169 Å². The number of rotatable bonds is 4. The molecule has 0 aliphatic carbocycles. The van der Waals surface area contributed by atoms with E-state index in [2.05, 4.69) is 0 Å². The molecule has 9 heteroatoms. The maximum atomic E-state index is 14.2. The summed E-state index contributed by atoms with van der Waals surface area (Å²) in [6.45, 7) is 1.26. The standard InChI is InChI=1S/C20H20ClF3N2O3/c1-11(14-7-6-13(29-4)10-15(14)21)19(28,20(22,23)24)12-5-8-16-17(9-12)26(3)18(27)25(16)2/h5-11,28H,1-4H3. The van der Waals surface area contributed by atoms with Crippen molar-refractivity contribution in [3.05, 3.63) is 63.0 Å². The van der Waals surface area contributed by atoms with Crippen molar-refractivity contribution in [2.24, 2.45) is 14.1 Å². The van der Waals surface area contributed by atoms with Gasteiger partial charge < -0.3 is 9.84 Å². The van der Waals surface area contributed by atoms with Crippen LogP contribution in [0.5, 0.6) is 5.75 Å². The van der Waals surface area contributed by atoms with E-state index in [9.17, 15) is 23.1 Å². The molecule has 0 bridgehead atoms. The molecule has 2 atom stereocenters. The molecule has 0 spiro atoms. The molecule has 29 heavy (non-hydrogen) atoms. The van der Waals surface area contributed by atoms with E-state index in [4.69, 9.17) is 16.3 Å². The minimum absolute atomic E-state index is 0.0488. The second kappa shape index (κ2) is 7.11. The molecule has 2 unspecified atom stereocenters. The third-order valence-electron chi connectivity index (χ3n) is 5.45. The zero-order chi connectivity index (χ0) is 21.7. The van der Waals surface area contributed by atoms with Crippen LogP contribution in [0.25, 0.3) is 11.0 Å². The number of ether oxygens (including phenoxy) is 1. The summed E-state index contributed by atoms with van der Waals surface area (Å²) < 4.78 is 50.2. The van der Waals surface area contributed by atoms with Gasteiger partial charge in [0.15, 0.2) is 5.60 Å². The van der Waals surface area contributed by atoms with Crippen molar-refractivity contribution in [2.45, 2.75) is 24.6 Å². The van der Waals surface area contributed by atoms with Crippen LogP contribution in [0, 0.1) is 0 Å². The fraction of sp³-hybridized carbons (Fsp3) is 0.350. The predicted molar refractivity (Wildman–Crippen MR) is 105 cm³/mol. The van der Waals surface area contributed by atoms with E-state index in [0.717, 1.165) is 0 Å². The number of benzene rings is 2. The molecule has 0 radical (unpaired) electrons. The fourth-order valence-electron chi connectivity index (χ4n) is 3.61. The highest BCUT2D eigenvalue weighted by Gasteiger charge is 2.59. The first-order valence-electron chi connectivity index (χ1n) is 8.72. The molecular formula is C20H20ClF3N2O3. The largest absolute Gasteiger partial charge is 0.497 e. The van der Waals surface area contributed by atoms with Crippen molar-refractivity contribution in [3.8, 4) is 5.75 Å². The molecule has 0 fully saturated rings. The summed E-state index contributed by atoms with van der Waals surface area (Å²) in [4.78, 5) is 12.1. The van der Waals surface area contributed by atoms with E-state index in [1.54, 1.807) is 0 Å². The van der Waals surface area contributed by atoms with Crippen molar-refractivity contribution in [1.29, 1.82) is 0 Å². The van der Waals surface area contributed by atoms with E-state index in [-0.39, 0.29) is 27.4 Å². The van der Waals surface area contributed by atoms with Gasteiger partial charge in [0.2, 0.25) is 0 Å². The Kier molecular flexibility index (Phi) is 5.21. The monoisotopic (exact) mass is 428 g/mol. The van der Waals surface area contributed by atoms with Gasteiger partial charge in [-0.05, 0) is 35.4 Å². The van der Waals surface area contributed by atoms with Gasteiger partial charge in [0, 0.05) is 25.0 Å². The summed E-state index contributed by atoms with van der Waals surface area (Å²) in [6.07, 6.45) is -5.00. The Morgan fingerprint density at radius 3 is 2.24 bits per heavy atom. The van der Waals surface area contributed by atoms with Crippen LogP contribution in [-0.4, -0.2) is 27.5 Å². The van der Waals surface area contributed by atoms with Gasteiger partial charge in [-0.15, -0.1) is 0 Å². The van der Waals surface area contributed by atoms with Crippen LogP contribution in [0.1, 0.15) is 24.0 Å². The van der Waals surface area contributed by atoms with Gasteiger partial charge in [-0.25, -0.2) is 4.79 Å². The smallest absolute Gasteiger partial charge is 0.422 e. The number of aliphatic hydroxyl groups is 1. The number of halogens is 4. The number of alkyl halides is 3. The average Bonchev–Trinajstić information content (AvgIpc) is 2.89. The minimum Gasteiger partial charge on any atom is -0.497 e. The van der Waals surface area contributed by atoms with Gasteiger partial charge in [-0.1, -0.05) is 30.7 Å². The first-order chi connectivity index (χ1) is 13.4. The number of aryl methyl sites for hydroxylation is 2. The summed E-state index contributed by atoms with van der Waals surface area (Å²) in [6, 6.07) is 8.05. The number of hydrogen-bond donors (Lipinski definition) is 1. The molecule has 5 nitrogen and oxygen atoms in total. The van der Waals surface area contributed by atoms with E-state index in [1.165, 1.54) is 73.7 Å². The van der Waals surface area contributed by atoms with Crippen LogP contribution in [0.4, 0.5) is 13.2 Å². The van der Waals surface area contributed by atoms with Crippen LogP contribution >= 0.6 is 11.6 Å². The Hall–Kier alpha value is -2.45. The zero-order valence-electron chi connectivity index (χ0n) is 16.2. The summed E-state index contributed by atoms with van der Waals surface area (Å²) >= 11 is 6.18. The molecule has 2 aromatic carbocycles. The van der Waals surface area contributed by atoms with Crippen LogP contribution in [0.3, 0.4) is 0 Å². The Balaban J connectivity index is 2.24. The molecule has 0 aliphatic heterocycles. The van der Waals surface area contributed by atoms with Gasteiger partial charge in [-0.2, -0.15) is 13.2 Å². The zero-order valence-corrected chi connectivity index (χ0v) is 17.0. The van der Waals surface area contributed by atoms with Gasteiger partial charge in [0.05, 0.1) is 18.1 Å². The second-order valence-electron chi connectivity index (χ2n) is 6.98. The number of hydrogen-bond acceptors (Lipinski definition) is 3. The third kappa shape index (κ3) is 3.20. The first-order valence-corrected chi connectivity index (χ1v) is 9.09. The predicted octanol–water partition coefficient (Wildman–Crippen LogP) is 4.09. The number of methoxy groups -OCH3 is 1. The van der Waals surface area contributed by atoms with E-state index in [1.807, 2.05) is 0 Å². The maximum Gasteiger partial charge on any atom is 0.422 e. The average molecular weight is 429 g/mol. The topological polar surface area (TPSA) is 56.4 Å². The van der Waals surface area contributed by atoms with Crippen molar-refractivity contribution in [1.82, 2.24) is 9.13 Å². The highest BCUT2D eigenvalue weighted by molar-refractivity contribution is 6.31. The van der Waals surface area contributed by atoms with Crippen LogP contribution in [0.15, 0.2) is 41.2 Å². The fourth-order valence-corrected chi connectivity index (χ4v) is 3.95. The molecule has 1 heterocycles. The number of nitrogens with zero attached hydrogens (tertiary/aromatic N) is 2. The van der Waals surface area contributed by atoms with Crippen LogP contribution < -0.4 is 10.4 Å². The van der Waals surface area contributed by atoms with E-state index in [0.29, 0.717) is 11.3 Å². The Morgan fingerprint density at radius 2 is 1.69 bits per heavy atom. The summed E-state index contributed by atoms with van der Waals surface area (Å²) in [5.41, 5.74) is -3.12. The second-order valence-corrected chi connectivity index (χ2v) is 7.38. The highest BCUT2D eigenvalue weighted by atomic mass is 35.5. The molecule has 3 aromatic rings. The SMILES string of the molecule is COc1ccc(C(C)C(O)(c2ccc3c(c2)n(C)c(=O)n3C)C(F)(F)F)c(Cl)c1. The molecule has 0 amide bonds. The van der Waals surface area contributed by atoms with Crippen molar-refractivity contribution in [2.75, 3.05) is 7.11 Å². The summed E-state index contributed by atoms with van der Waals surface area (Å²) in [5.74, 6) is -1.04. The third-order valence-corrected chi connectivity index (χ3v) is 5.77. The maximum absolute atomic E-state index is 14.2. The molecule has 3 rings (SSSR count). The first kappa shape index (κ1) is 21.3. The van der Waals surface area contributed by atoms with Gasteiger partial charge in [0.1, 0.15) is 5.75 Å². The quantitative estimate of drug-likeness (QED) is 0.681. The van der Waals surface area contributed by atoms with Gasteiger partial charge in [-0.3, -0.25) is 9.13 Å². The minimum atomic E-state index is -5.00. The van der Waals surface area contributed by atoms with Crippen LogP contribution in [-0.2, 0) is 19.7 Å². The van der Waals surface area contributed by atoms with Crippen molar-refractivity contribution >= 4 is 22.6 Å². The lowest BCUT2D eigenvalue weighted by Crippen LogP contribution is -2.46. The van der Waals surface area contributed by atoms with Crippen LogP contribution in [0.2, 0.25) is 5.02 Å². The van der Waals surface area contributed by atoms with Crippen molar-refractivity contribution < 1.29 is 23.0 Å². The summed E-state index contributed by atoms with van der Waals surface area (Å²) in [7, 11) is 4.41. The van der Waals surface area contributed by atoms with Gasteiger partial charge >= 0.3 is 11.9 Å². The van der Waals surface area contributed by atoms with Crippen molar-refractivity contribution in [3.63, 3.8) is 0 Å². The lowest BCUT2D eigenvalue weighted by atomic mass is 9.77. The molecular weight excluding hydrogens is 409 g/mol. The van der Waals surface area contributed by atoms with Gasteiger partial charge in [0.25, 0.3) is 0 Å². The molecule has 1 aromatic heterocycles. The van der Waals surface area contributed by atoms with E-state index >= 15 is 0 Å². The summed E-state index contributed by atoms with van der Waals surface area (Å²) in [5, 5.41) is 11.1. The Bertz CT molecular complexity index is 1140. The molecule has 0 saturated carbocycles. The molecule has 0 aliphatic rings. The lowest BCUT2D eigenvalue weighted by molar-refractivity contribution is -0.274. The lowest BCUT2D eigenvalue weighted by Gasteiger charge is -2.37. The molecule has 1 N–H and O–H groups in total. The highest BCUT2D eigenvalue weighted by Crippen LogP contribution is 2.50. The Morgan fingerprint density at radius 1 is 1.07 bits per heavy atom. The number of aromatic nitrogens is 2. The van der Waals surface area contributed by atoms with E-state index < -0.39 is 17.7 Å². The normalized spacial score (nSPS) is 15.3. The molecule has 156 valence electrons.